The van der Waals surface area contributed by atoms with E-state index in [9.17, 15) is 8.78 Å². The van der Waals surface area contributed by atoms with E-state index in [4.69, 9.17) is 17.3 Å². The van der Waals surface area contributed by atoms with Crippen LogP contribution >= 0.6 is 11.6 Å². The SMILES string of the molecule is NCC1CCC(Cc2cc(-c3cccc(NCc4cc(F)ccc4F)n3)c(Cl)cn2)CC1. The number of rotatable bonds is 7. The van der Waals surface area contributed by atoms with E-state index in [1.165, 1.54) is 31.7 Å². The summed E-state index contributed by atoms with van der Waals surface area (Å²) >= 11 is 6.45. The molecule has 0 bridgehead atoms. The number of nitrogens with one attached hydrogen (secondary N) is 1. The van der Waals surface area contributed by atoms with E-state index in [0.29, 0.717) is 28.4 Å². The van der Waals surface area contributed by atoms with E-state index in [1.807, 2.05) is 18.2 Å². The van der Waals surface area contributed by atoms with Gasteiger partial charge in [0.25, 0.3) is 0 Å². The lowest BCUT2D eigenvalue weighted by Gasteiger charge is -2.27. The number of nitrogens with zero attached hydrogens (tertiary/aromatic N) is 2. The maximum Gasteiger partial charge on any atom is 0.128 e. The van der Waals surface area contributed by atoms with Crippen molar-refractivity contribution in [3.8, 4) is 11.3 Å². The molecule has 2 heterocycles. The number of pyridine rings is 2. The highest BCUT2D eigenvalue weighted by Crippen LogP contribution is 2.32. The van der Waals surface area contributed by atoms with Crippen molar-refractivity contribution in [3.63, 3.8) is 0 Å². The second-order valence-electron chi connectivity index (χ2n) is 8.48. The molecule has 0 amide bonds. The highest BCUT2D eigenvalue weighted by atomic mass is 35.5. The van der Waals surface area contributed by atoms with Gasteiger partial charge in [0.1, 0.15) is 17.5 Å². The highest BCUT2D eigenvalue weighted by molar-refractivity contribution is 6.33. The van der Waals surface area contributed by atoms with Gasteiger partial charge in [-0.15, -0.1) is 0 Å². The molecule has 1 aromatic carbocycles. The fourth-order valence-corrected chi connectivity index (χ4v) is 4.50. The lowest BCUT2D eigenvalue weighted by atomic mass is 9.80. The van der Waals surface area contributed by atoms with Gasteiger partial charge in [0.2, 0.25) is 0 Å². The molecule has 2 aromatic heterocycles. The summed E-state index contributed by atoms with van der Waals surface area (Å²) in [6.45, 7) is 0.902. The Bertz CT molecular complexity index is 1070. The fourth-order valence-electron chi connectivity index (χ4n) is 4.30. The van der Waals surface area contributed by atoms with Crippen molar-refractivity contribution >= 4 is 17.4 Å². The molecule has 0 saturated heterocycles. The Hall–Kier alpha value is -2.57. The van der Waals surface area contributed by atoms with Gasteiger partial charge in [0, 0.05) is 29.6 Å². The Morgan fingerprint density at radius 1 is 1.03 bits per heavy atom. The van der Waals surface area contributed by atoms with Crippen molar-refractivity contribution in [3.05, 3.63) is 76.6 Å². The van der Waals surface area contributed by atoms with Crippen LogP contribution in [0.2, 0.25) is 5.02 Å². The number of hydrogen-bond donors (Lipinski definition) is 2. The van der Waals surface area contributed by atoms with E-state index in [1.54, 1.807) is 12.3 Å². The summed E-state index contributed by atoms with van der Waals surface area (Å²) in [7, 11) is 0. The molecule has 0 atom stereocenters. The minimum atomic E-state index is -0.475. The number of halogens is 3. The van der Waals surface area contributed by atoms with Crippen LogP contribution in [0.5, 0.6) is 0 Å². The second kappa shape index (κ2) is 10.4. The normalized spacial score (nSPS) is 18.5. The first kappa shape index (κ1) is 22.6. The van der Waals surface area contributed by atoms with E-state index in [2.05, 4.69) is 15.3 Å². The number of aromatic nitrogens is 2. The second-order valence-corrected chi connectivity index (χ2v) is 8.89. The minimum Gasteiger partial charge on any atom is -0.366 e. The third kappa shape index (κ3) is 5.61. The van der Waals surface area contributed by atoms with Gasteiger partial charge in [-0.3, -0.25) is 4.98 Å². The molecule has 1 fully saturated rings. The molecule has 1 aliphatic rings. The van der Waals surface area contributed by atoms with Crippen molar-refractivity contribution < 1.29 is 8.78 Å². The first-order chi connectivity index (χ1) is 15.5. The zero-order chi connectivity index (χ0) is 22.5. The van der Waals surface area contributed by atoms with Crippen molar-refractivity contribution in [2.75, 3.05) is 11.9 Å². The molecular weight excluding hydrogens is 430 g/mol. The Balaban J connectivity index is 1.47. The molecule has 7 heteroatoms. The average Bonchev–Trinajstić information content (AvgIpc) is 2.81. The number of benzene rings is 1. The van der Waals surface area contributed by atoms with Crippen LogP contribution in [0.4, 0.5) is 14.6 Å². The first-order valence-corrected chi connectivity index (χ1v) is 11.4. The molecule has 0 aliphatic heterocycles. The van der Waals surface area contributed by atoms with E-state index >= 15 is 0 Å². The smallest absolute Gasteiger partial charge is 0.128 e. The molecule has 1 aliphatic carbocycles. The zero-order valence-corrected chi connectivity index (χ0v) is 18.6. The third-order valence-electron chi connectivity index (χ3n) is 6.20. The molecule has 0 spiro atoms. The monoisotopic (exact) mass is 456 g/mol. The summed E-state index contributed by atoms with van der Waals surface area (Å²) in [5.41, 5.74) is 8.57. The van der Waals surface area contributed by atoms with Gasteiger partial charge < -0.3 is 11.1 Å². The minimum absolute atomic E-state index is 0.126. The van der Waals surface area contributed by atoms with Gasteiger partial charge in [-0.25, -0.2) is 13.8 Å². The fraction of sp³-hybridized carbons (Fsp3) is 0.360. The molecule has 1 saturated carbocycles. The first-order valence-electron chi connectivity index (χ1n) is 11.0. The Morgan fingerprint density at radius 3 is 2.59 bits per heavy atom. The van der Waals surface area contributed by atoms with Crippen molar-refractivity contribution in [2.24, 2.45) is 17.6 Å². The highest BCUT2D eigenvalue weighted by Gasteiger charge is 2.21. The maximum absolute atomic E-state index is 13.9. The Labute approximate surface area is 192 Å². The van der Waals surface area contributed by atoms with Crippen molar-refractivity contribution in [2.45, 2.75) is 38.6 Å². The maximum atomic E-state index is 13.9. The Kier molecular flexibility index (Phi) is 7.33. The van der Waals surface area contributed by atoms with Crippen LogP contribution in [0.1, 0.15) is 36.9 Å². The molecule has 0 unspecified atom stereocenters. The van der Waals surface area contributed by atoms with Gasteiger partial charge in [-0.2, -0.15) is 0 Å². The van der Waals surface area contributed by atoms with Gasteiger partial charge in [0.05, 0.1) is 10.7 Å². The van der Waals surface area contributed by atoms with Crippen LogP contribution in [-0.4, -0.2) is 16.5 Å². The number of hydrogen-bond acceptors (Lipinski definition) is 4. The van der Waals surface area contributed by atoms with Gasteiger partial charge in [-0.05, 0) is 86.9 Å². The van der Waals surface area contributed by atoms with Crippen LogP contribution in [0.15, 0.2) is 48.7 Å². The van der Waals surface area contributed by atoms with E-state index in [0.717, 1.165) is 36.4 Å². The van der Waals surface area contributed by atoms with Crippen LogP contribution in [0.25, 0.3) is 11.3 Å². The predicted octanol–water partition coefficient (Wildman–Crippen LogP) is 5.99. The molecule has 3 N–H and O–H groups in total. The summed E-state index contributed by atoms with van der Waals surface area (Å²) in [6, 6.07) is 10.9. The van der Waals surface area contributed by atoms with Gasteiger partial charge in [-0.1, -0.05) is 17.7 Å². The predicted molar refractivity (Wildman–Crippen MR) is 124 cm³/mol. The average molecular weight is 457 g/mol. The number of anilines is 1. The third-order valence-corrected chi connectivity index (χ3v) is 6.50. The van der Waals surface area contributed by atoms with E-state index in [-0.39, 0.29) is 12.1 Å². The largest absolute Gasteiger partial charge is 0.366 e. The quantitative estimate of drug-likeness (QED) is 0.458. The summed E-state index contributed by atoms with van der Waals surface area (Å²) in [5.74, 6) is 0.886. The molecule has 4 nitrogen and oxygen atoms in total. The Morgan fingerprint density at radius 2 is 1.81 bits per heavy atom. The molecular formula is C25H27ClF2N4. The molecule has 168 valence electrons. The number of nitrogens with two attached hydrogens (primary N) is 1. The van der Waals surface area contributed by atoms with Crippen molar-refractivity contribution in [1.29, 1.82) is 0 Å². The van der Waals surface area contributed by atoms with Gasteiger partial charge >= 0.3 is 0 Å². The lowest BCUT2D eigenvalue weighted by molar-refractivity contribution is 0.277. The molecule has 4 rings (SSSR count). The standard InChI is InChI=1S/C25H27ClF2N4/c26-22-15-30-20(10-16-4-6-17(13-29)7-5-16)12-21(22)24-2-1-3-25(32-24)31-14-18-11-19(27)8-9-23(18)28/h1-3,8-9,11-12,15-17H,4-7,10,13-14,29H2,(H,31,32). The van der Waals surface area contributed by atoms with Crippen LogP contribution in [0, 0.1) is 23.5 Å². The zero-order valence-electron chi connectivity index (χ0n) is 17.8. The van der Waals surface area contributed by atoms with Crippen LogP contribution in [-0.2, 0) is 13.0 Å². The van der Waals surface area contributed by atoms with Crippen LogP contribution < -0.4 is 11.1 Å². The topological polar surface area (TPSA) is 63.8 Å². The van der Waals surface area contributed by atoms with Gasteiger partial charge in [0.15, 0.2) is 0 Å². The molecule has 3 aromatic rings. The lowest BCUT2D eigenvalue weighted by Crippen LogP contribution is -2.22. The summed E-state index contributed by atoms with van der Waals surface area (Å²) in [6.07, 6.45) is 7.32. The summed E-state index contributed by atoms with van der Waals surface area (Å²) < 4.78 is 27.3. The summed E-state index contributed by atoms with van der Waals surface area (Å²) in [5, 5.41) is 3.59. The van der Waals surface area contributed by atoms with Crippen molar-refractivity contribution in [1.82, 2.24) is 9.97 Å². The summed E-state index contributed by atoms with van der Waals surface area (Å²) in [4.78, 5) is 9.16. The van der Waals surface area contributed by atoms with Crippen LogP contribution in [0.3, 0.4) is 0 Å². The molecule has 32 heavy (non-hydrogen) atoms. The van der Waals surface area contributed by atoms with E-state index < -0.39 is 11.6 Å². The molecule has 0 radical (unpaired) electrons.